The maximum absolute atomic E-state index is 10.6. The molecular weight excluding hydrogens is 544 g/mol. The van der Waals surface area contributed by atoms with Gasteiger partial charge in [0.25, 0.3) is 0 Å². The van der Waals surface area contributed by atoms with Crippen molar-refractivity contribution in [1.29, 1.82) is 5.26 Å². The van der Waals surface area contributed by atoms with Gasteiger partial charge in [-0.15, -0.1) is 0 Å². The summed E-state index contributed by atoms with van der Waals surface area (Å²) < 4.78 is 74.6. The fourth-order valence-electron chi connectivity index (χ4n) is 3.60. The first-order chi connectivity index (χ1) is 18.2. The van der Waals surface area contributed by atoms with Crippen LogP contribution in [0.15, 0.2) is 24.4 Å². The molecule has 0 bridgehead atoms. The highest BCUT2D eigenvalue weighted by atomic mass is 19.4. The van der Waals surface area contributed by atoms with Crippen molar-refractivity contribution in [3.63, 3.8) is 0 Å². The van der Waals surface area contributed by atoms with Crippen LogP contribution in [0.4, 0.5) is 32.2 Å². The number of pyridine rings is 1. The van der Waals surface area contributed by atoms with Crippen LogP contribution in [0.2, 0.25) is 0 Å². The number of fused-ring (bicyclic) bond motifs is 4. The smallest absolute Gasteiger partial charge is 0.475 e. The summed E-state index contributed by atoms with van der Waals surface area (Å²) in [6.07, 6.45) is -6.87. The molecule has 0 amide bonds. The highest BCUT2D eigenvalue weighted by Crippen LogP contribution is 2.47. The van der Waals surface area contributed by atoms with Crippen LogP contribution >= 0.6 is 0 Å². The van der Waals surface area contributed by atoms with Gasteiger partial charge < -0.3 is 25.4 Å². The highest BCUT2D eigenvalue weighted by Gasteiger charge is 2.39. The highest BCUT2D eigenvalue weighted by molar-refractivity contribution is 5.89. The van der Waals surface area contributed by atoms with Gasteiger partial charge in [0.05, 0.1) is 11.9 Å². The summed E-state index contributed by atoms with van der Waals surface area (Å²) >= 11 is 0. The fourth-order valence-corrected chi connectivity index (χ4v) is 3.60. The molecule has 1 aromatic carbocycles. The summed E-state index contributed by atoms with van der Waals surface area (Å²) in [7, 11) is 0. The summed E-state index contributed by atoms with van der Waals surface area (Å²) in [6, 6.07) is 7.88. The molecule has 5 rings (SSSR count). The number of nitrogen functional groups attached to an aromatic ring is 1. The Morgan fingerprint density at radius 3 is 2.21 bits per heavy atom. The Kier molecular flexibility index (Phi) is 7.89. The molecule has 3 aromatic rings. The Labute approximate surface area is 213 Å². The molecule has 1 aliphatic carbocycles. The SMILES string of the molecule is N#Cc1c(N)nc2c(c1-c1cccc3c1OCO3)CCc1[nH]ncc1-2.O=C(O)C(F)(F)F.O=C(O)C(F)(F)F. The molecule has 5 N–H and O–H groups in total. The van der Waals surface area contributed by atoms with Gasteiger partial charge in [0.15, 0.2) is 11.5 Å². The number of halogens is 6. The summed E-state index contributed by atoms with van der Waals surface area (Å²) in [5.74, 6) is -3.99. The Morgan fingerprint density at radius 1 is 1.03 bits per heavy atom. The third kappa shape index (κ3) is 6.11. The number of benzene rings is 1. The average molecular weight is 559 g/mol. The van der Waals surface area contributed by atoms with E-state index in [-0.39, 0.29) is 12.6 Å². The second kappa shape index (κ2) is 10.8. The number of nitrogens with one attached hydrogen (secondary N) is 1. The number of nitrogens with two attached hydrogens (primary N) is 1. The lowest BCUT2D eigenvalue weighted by atomic mass is 9.85. The van der Waals surface area contributed by atoms with E-state index in [1.165, 1.54) is 0 Å². The predicted octanol–water partition coefficient (Wildman–Crippen LogP) is 3.69. The normalized spacial score (nSPS) is 12.9. The summed E-state index contributed by atoms with van der Waals surface area (Å²) in [4.78, 5) is 22.3. The van der Waals surface area contributed by atoms with Gasteiger partial charge in [-0.2, -0.15) is 36.7 Å². The average Bonchev–Trinajstić information content (AvgIpc) is 3.52. The molecule has 0 saturated carbocycles. The molecule has 0 unspecified atom stereocenters. The van der Waals surface area contributed by atoms with E-state index in [9.17, 15) is 31.6 Å². The van der Waals surface area contributed by atoms with E-state index in [0.29, 0.717) is 17.1 Å². The zero-order chi connectivity index (χ0) is 29.1. The first kappa shape index (κ1) is 28.6. The molecule has 1 aliphatic heterocycles. The van der Waals surface area contributed by atoms with Crippen LogP contribution in [0.5, 0.6) is 11.5 Å². The lowest BCUT2D eigenvalue weighted by molar-refractivity contribution is -0.193. The predicted molar refractivity (Wildman–Crippen MR) is 117 cm³/mol. The van der Waals surface area contributed by atoms with Crippen molar-refractivity contribution in [3.8, 4) is 40.0 Å². The molecule has 11 nitrogen and oxygen atoms in total. The van der Waals surface area contributed by atoms with Crippen molar-refractivity contribution in [3.05, 3.63) is 41.2 Å². The summed E-state index contributed by atoms with van der Waals surface area (Å²) in [5, 5.41) is 31.1. The number of carbonyl (C=O) groups is 2. The van der Waals surface area contributed by atoms with Crippen LogP contribution in [0.25, 0.3) is 22.4 Å². The van der Waals surface area contributed by atoms with Crippen molar-refractivity contribution in [2.24, 2.45) is 0 Å². The van der Waals surface area contributed by atoms with Crippen LogP contribution in [0.1, 0.15) is 16.8 Å². The minimum Gasteiger partial charge on any atom is -0.475 e. The minimum absolute atomic E-state index is 0.170. The molecule has 0 fully saturated rings. The number of carboxylic acid groups (broad SMARTS) is 2. The lowest BCUT2D eigenvalue weighted by Gasteiger charge is -2.21. The van der Waals surface area contributed by atoms with E-state index >= 15 is 0 Å². The molecule has 17 heteroatoms. The molecule has 0 atom stereocenters. The van der Waals surface area contributed by atoms with Crippen molar-refractivity contribution in [1.82, 2.24) is 15.2 Å². The molecule has 39 heavy (non-hydrogen) atoms. The number of H-pyrrole nitrogens is 1. The Hall–Kier alpha value is -5.01. The van der Waals surface area contributed by atoms with Crippen LogP contribution in [0, 0.1) is 11.3 Å². The molecule has 2 aliphatic rings. The molecule has 3 heterocycles. The Bertz CT molecular complexity index is 1440. The Balaban J connectivity index is 0.000000251. The van der Waals surface area contributed by atoms with Crippen LogP contribution in [0.3, 0.4) is 0 Å². The second-order valence-corrected chi connectivity index (χ2v) is 7.59. The quantitative estimate of drug-likeness (QED) is 0.321. The molecular formula is C22H15F6N5O6. The lowest BCUT2D eigenvalue weighted by Crippen LogP contribution is -2.21. The maximum Gasteiger partial charge on any atom is 0.490 e. The number of aryl methyl sites for hydroxylation is 1. The van der Waals surface area contributed by atoms with Crippen molar-refractivity contribution < 1.29 is 55.6 Å². The first-order valence-corrected chi connectivity index (χ1v) is 10.4. The summed E-state index contributed by atoms with van der Waals surface area (Å²) in [5.41, 5.74) is 11.8. The number of alkyl halides is 6. The van der Waals surface area contributed by atoms with Gasteiger partial charge in [0.1, 0.15) is 17.5 Å². The molecule has 0 radical (unpaired) electrons. The van der Waals surface area contributed by atoms with E-state index in [1.807, 2.05) is 18.2 Å². The number of ether oxygens (including phenoxy) is 2. The van der Waals surface area contributed by atoms with Crippen LogP contribution in [-0.2, 0) is 22.4 Å². The van der Waals surface area contributed by atoms with E-state index in [0.717, 1.165) is 46.5 Å². The zero-order valence-electron chi connectivity index (χ0n) is 19.1. The van der Waals surface area contributed by atoms with Gasteiger partial charge in [-0.1, -0.05) is 12.1 Å². The number of aliphatic carboxylic acids is 2. The Morgan fingerprint density at radius 2 is 1.64 bits per heavy atom. The van der Waals surface area contributed by atoms with Gasteiger partial charge in [-0.25, -0.2) is 14.6 Å². The molecule has 2 aromatic heterocycles. The van der Waals surface area contributed by atoms with E-state index in [2.05, 4.69) is 21.3 Å². The number of para-hydroxylation sites is 1. The summed E-state index contributed by atoms with van der Waals surface area (Å²) in [6.45, 7) is 0.170. The van der Waals surface area contributed by atoms with Crippen LogP contribution < -0.4 is 15.2 Å². The van der Waals surface area contributed by atoms with Crippen molar-refractivity contribution in [2.75, 3.05) is 12.5 Å². The van der Waals surface area contributed by atoms with E-state index in [1.54, 1.807) is 6.20 Å². The number of carboxylic acids is 2. The minimum atomic E-state index is -5.08. The monoisotopic (exact) mass is 559 g/mol. The third-order valence-electron chi connectivity index (χ3n) is 5.19. The van der Waals surface area contributed by atoms with Gasteiger partial charge >= 0.3 is 24.3 Å². The first-order valence-electron chi connectivity index (χ1n) is 10.4. The number of aromatic nitrogens is 3. The number of rotatable bonds is 1. The number of nitrogens with zero attached hydrogens (tertiary/aromatic N) is 3. The van der Waals surface area contributed by atoms with Crippen molar-refractivity contribution >= 4 is 17.8 Å². The number of aromatic amines is 1. The topological polar surface area (TPSA) is 184 Å². The third-order valence-corrected chi connectivity index (χ3v) is 5.19. The van der Waals surface area contributed by atoms with Gasteiger partial charge in [-0.05, 0) is 24.5 Å². The number of hydrogen-bond donors (Lipinski definition) is 4. The van der Waals surface area contributed by atoms with Gasteiger partial charge in [0.2, 0.25) is 6.79 Å². The number of anilines is 1. The van der Waals surface area contributed by atoms with E-state index < -0.39 is 24.3 Å². The van der Waals surface area contributed by atoms with Crippen molar-refractivity contribution in [2.45, 2.75) is 25.2 Å². The molecule has 0 saturated heterocycles. The zero-order valence-corrected chi connectivity index (χ0v) is 19.1. The number of hydrogen-bond acceptors (Lipinski definition) is 8. The molecule has 0 spiro atoms. The van der Waals surface area contributed by atoms with Gasteiger partial charge in [-0.3, -0.25) is 5.10 Å². The molecule has 206 valence electrons. The van der Waals surface area contributed by atoms with E-state index in [4.69, 9.17) is 35.0 Å². The largest absolute Gasteiger partial charge is 0.490 e. The number of nitriles is 1. The fraction of sp³-hybridized carbons (Fsp3) is 0.227. The maximum atomic E-state index is 10.6. The van der Waals surface area contributed by atoms with Gasteiger partial charge in [0, 0.05) is 22.4 Å². The van der Waals surface area contributed by atoms with Crippen LogP contribution in [-0.4, -0.2) is 56.5 Å². The standard InChI is InChI=1S/C18H13N5O2.2C2HF3O2/c19-6-11-15(10-2-1-3-14-17(10)25-8-24-14)9-4-5-13-12(7-21-23-13)16(9)22-18(11)20;2*3-2(4,5)1(6)7/h1-3,7H,4-5,8H2,(H2,20,22)(H,21,23);2*(H,6,7). The second-order valence-electron chi connectivity index (χ2n) is 7.59.